The van der Waals surface area contributed by atoms with E-state index in [0.29, 0.717) is 23.1 Å². The number of guanidine groups is 1. The van der Waals surface area contributed by atoms with Crippen molar-refractivity contribution in [3.05, 3.63) is 89.5 Å². The first kappa shape index (κ1) is 72.3. The molecule has 0 radical (unpaired) electrons. The van der Waals surface area contributed by atoms with Crippen LogP contribution in [0.2, 0.25) is 0 Å². The van der Waals surface area contributed by atoms with Crippen molar-refractivity contribution in [2.75, 3.05) is 26.3 Å². The Morgan fingerprint density at radius 2 is 0.955 bits per heavy atom. The molecule has 9 amide bonds. The lowest BCUT2D eigenvalue weighted by molar-refractivity contribution is -0.143. The summed E-state index contributed by atoms with van der Waals surface area (Å²) in [6, 6.07) is 0.502. The number of aliphatic imine (C=N–C) groups is 1. The number of amides is 9. The largest absolute Gasteiger partial charge is 0.508 e. The number of hydrogen-bond acceptors (Lipinski definition) is 19. The molecule has 1 saturated heterocycles. The number of hydrogen-bond donors (Lipinski definition) is 19. The van der Waals surface area contributed by atoms with Crippen LogP contribution in [0, 0.1) is 5.92 Å². The number of aliphatic hydroxyl groups excluding tert-OH is 4. The Balaban J connectivity index is 1.59. The number of nitrogens with two attached hydrogens (primary N) is 3. The summed E-state index contributed by atoms with van der Waals surface area (Å²) in [6.07, 6.45) is -3.43. The van der Waals surface area contributed by atoms with Crippen LogP contribution in [0.5, 0.6) is 17.2 Å². The molecule has 3 aromatic carbocycles. The van der Waals surface area contributed by atoms with E-state index in [4.69, 9.17) is 17.2 Å². The summed E-state index contributed by atoms with van der Waals surface area (Å²) in [4.78, 5) is 143. The van der Waals surface area contributed by atoms with Gasteiger partial charge in [-0.3, -0.25) is 48.1 Å². The molecule has 31 nitrogen and oxygen atoms in total. The number of phenols is 3. The molecule has 13 atom stereocenters. The number of aliphatic carboxylic acids is 1. The summed E-state index contributed by atoms with van der Waals surface area (Å²) in [6.45, 7) is 3.72. The van der Waals surface area contributed by atoms with Gasteiger partial charge < -0.3 is 105 Å². The minimum Gasteiger partial charge on any atom is -0.508 e. The predicted octanol–water partition coefficient (Wildman–Crippen LogP) is -5.04. The van der Waals surface area contributed by atoms with E-state index >= 15 is 0 Å². The number of carboxylic acid groups (broad SMARTS) is 1. The van der Waals surface area contributed by atoms with Gasteiger partial charge >= 0.3 is 5.97 Å². The highest BCUT2D eigenvalue weighted by Crippen LogP contribution is 2.21. The van der Waals surface area contributed by atoms with Gasteiger partial charge in [0.2, 0.25) is 53.2 Å². The lowest BCUT2D eigenvalue weighted by Crippen LogP contribution is -2.63. The fourth-order valence-electron chi connectivity index (χ4n) is 9.31. The lowest BCUT2D eigenvalue weighted by Gasteiger charge is -2.31. The summed E-state index contributed by atoms with van der Waals surface area (Å²) in [5.74, 6) is -11.7. The van der Waals surface area contributed by atoms with Crippen LogP contribution in [0.15, 0.2) is 77.8 Å². The van der Waals surface area contributed by atoms with Crippen LogP contribution >= 0.6 is 0 Å². The van der Waals surface area contributed by atoms with E-state index in [1.165, 1.54) is 79.7 Å². The maximum Gasteiger partial charge on any atom is 0.326 e. The van der Waals surface area contributed by atoms with Gasteiger partial charge in [-0.25, -0.2) is 4.79 Å². The molecule has 0 saturated carbocycles. The van der Waals surface area contributed by atoms with Crippen LogP contribution in [0.1, 0.15) is 76.5 Å². The van der Waals surface area contributed by atoms with Gasteiger partial charge in [-0.2, -0.15) is 0 Å². The predicted molar refractivity (Wildman–Crippen MR) is 318 cm³/mol. The molecule has 0 aliphatic carbocycles. The van der Waals surface area contributed by atoms with Crippen molar-refractivity contribution in [3.63, 3.8) is 0 Å². The summed E-state index contributed by atoms with van der Waals surface area (Å²) in [5, 5.41) is 101. The second-order valence-corrected chi connectivity index (χ2v) is 21.7. The van der Waals surface area contributed by atoms with Crippen molar-refractivity contribution < 1.29 is 88.8 Å². The Bertz CT molecular complexity index is 2930. The van der Waals surface area contributed by atoms with Crippen LogP contribution in [-0.2, 0) is 67.2 Å². The number of aliphatic hydroxyl groups is 4. The van der Waals surface area contributed by atoms with Crippen molar-refractivity contribution in [2.24, 2.45) is 28.1 Å². The van der Waals surface area contributed by atoms with Gasteiger partial charge in [0.05, 0.1) is 25.4 Å². The van der Waals surface area contributed by atoms with Crippen molar-refractivity contribution in [3.8, 4) is 17.2 Å². The number of benzene rings is 3. The van der Waals surface area contributed by atoms with E-state index in [2.05, 4.69) is 47.5 Å². The maximum absolute atomic E-state index is 14.5. The molecule has 0 unspecified atom stereocenters. The normalized spacial score (nSPS) is 16.9. The number of likely N-dealkylation sites (tertiary alicyclic amines) is 1. The number of aromatic hydroxyl groups is 3. The SMILES string of the molecule is CC[C@H](C)[C@H](NC(=O)[C@@H](N)[C@@H](C)O)C(=O)N[C@@H](CO)C(=O)N1CCC[C@H]1C(=O)N[C@@H](CO)C(=O)N[C@@H](Cc1ccc(O)cc1)C(=O)N[C@H](C(=O)N[C@@H](Cc1ccc(O)cc1)C(=O)N[C@@H](Cc1ccc(O)cc1)C(=O)N[C@@H](CCCN=C(N)N)C(=O)O)[C@@H](C)O. The average molecular weight is 1250 g/mol. The minimum atomic E-state index is -1.93. The van der Waals surface area contributed by atoms with Crippen molar-refractivity contribution >= 4 is 65.1 Å². The Hall–Kier alpha value is -9.17. The van der Waals surface area contributed by atoms with Crippen molar-refractivity contribution in [1.29, 1.82) is 0 Å². The van der Waals surface area contributed by atoms with Gasteiger partial charge in [0.25, 0.3) is 0 Å². The van der Waals surface area contributed by atoms with E-state index in [-0.39, 0.29) is 81.2 Å². The van der Waals surface area contributed by atoms with Crippen LogP contribution in [0.3, 0.4) is 0 Å². The fraction of sp³-hybridized carbons (Fsp3) is 0.500. The first-order valence-corrected chi connectivity index (χ1v) is 28.8. The molecule has 488 valence electrons. The summed E-state index contributed by atoms with van der Waals surface area (Å²) < 4.78 is 0. The first-order chi connectivity index (χ1) is 42.1. The highest BCUT2D eigenvalue weighted by molar-refractivity contribution is 5.99. The standard InChI is InChI=1S/C58H83N13O18/c1-5-29(2)46(69-53(84)45(59)30(3)74)54(85)68-43(28-73)56(87)71-23-7-9-44(71)52(83)67-42(27-72)51(82)65-41(26-34-14-20-37(78)21-15-34)50(81)70-47(31(4)75)55(86)66-40(25-33-12-18-36(77)19-13-33)49(80)64-39(24-32-10-16-35(76)17-11-32)48(79)63-38(57(88)89)8-6-22-62-58(60)61/h10-21,29-31,38-47,72-78H,5-9,22-28,59H2,1-4H3,(H,63,79)(H,64,80)(H,65,82)(H,66,86)(H,67,83)(H,68,85)(H,69,84)(H,70,81)(H,88,89)(H4,60,61,62)/t29-,30+,31+,38-,39-,40-,41-,42-,43-,44-,45-,46-,47-/m0/s1. The third kappa shape index (κ3) is 22.5. The molecule has 0 aromatic heterocycles. The topological polar surface area (TPSA) is 522 Å². The molecule has 1 heterocycles. The number of carbonyl (C=O) groups is 10. The molecule has 1 aliphatic rings. The van der Waals surface area contributed by atoms with Gasteiger partial charge in [-0.05, 0) is 98.5 Å². The van der Waals surface area contributed by atoms with E-state index in [0.717, 1.165) is 11.8 Å². The maximum atomic E-state index is 14.5. The molecule has 89 heavy (non-hydrogen) atoms. The van der Waals surface area contributed by atoms with Crippen molar-refractivity contribution in [2.45, 2.75) is 152 Å². The van der Waals surface area contributed by atoms with Crippen LogP contribution < -0.4 is 59.7 Å². The Morgan fingerprint density at radius 3 is 1.37 bits per heavy atom. The molecular formula is C58H83N13O18. The molecule has 31 heteroatoms. The lowest BCUT2D eigenvalue weighted by atomic mass is 9.97. The third-order valence-electron chi connectivity index (χ3n) is 14.7. The van der Waals surface area contributed by atoms with E-state index in [1.54, 1.807) is 13.8 Å². The molecule has 22 N–H and O–H groups in total. The van der Waals surface area contributed by atoms with Crippen LogP contribution in [0.25, 0.3) is 0 Å². The van der Waals surface area contributed by atoms with E-state index in [9.17, 15) is 88.8 Å². The second kappa shape index (κ2) is 35.0. The second-order valence-electron chi connectivity index (χ2n) is 21.7. The summed E-state index contributed by atoms with van der Waals surface area (Å²) in [7, 11) is 0. The number of carboxylic acids is 1. The monoisotopic (exact) mass is 1250 g/mol. The Morgan fingerprint density at radius 1 is 0.551 bits per heavy atom. The number of rotatable bonds is 34. The Labute approximate surface area is 512 Å². The zero-order valence-corrected chi connectivity index (χ0v) is 49.7. The molecular weight excluding hydrogens is 1170 g/mol. The highest BCUT2D eigenvalue weighted by Gasteiger charge is 2.41. The van der Waals surface area contributed by atoms with Gasteiger partial charge in [0.1, 0.15) is 77.7 Å². The number of phenolic OH excluding ortho intramolecular Hbond substituents is 3. The van der Waals surface area contributed by atoms with Gasteiger partial charge in [0.15, 0.2) is 5.96 Å². The van der Waals surface area contributed by atoms with Gasteiger partial charge in [-0.15, -0.1) is 0 Å². The minimum absolute atomic E-state index is 0.0188. The quantitative estimate of drug-likeness (QED) is 0.0151. The average Bonchev–Trinajstić information content (AvgIpc) is 2.79. The number of nitrogens with zero attached hydrogens (tertiary/aromatic N) is 2. The highest BCUT2D eigenvalue weighted by atomic mass is 16.4. The zero-order chi connectivity index (χ0) is 66.2. The molecule has 0 spiro atoms. The van der Waals surface area contributed by atoms with E-state index < -0.39 is 151 Å². The van der Waals surface area contributed by atoms with Crippen LogP contribution in [-0.4, -0.2) is 210 Å². The molecule has 4 rings (SSSR count). The molecule has 1 aliphatic heterocycles. The van der Waals surface area contributed by atoms with E-state index in [1.807, 2.05) is 0 Å². The molecule has 0 bridgehead atoms. The first-order valence-electron chi connectivity index (χ1n) is 28.8. The molecule has 1 fully saturated rings. The van der Waals surface area contributed by atoms with Crippen LogP contribution in [0.4, 0.5) is 0 Å². The number of nitrogens with one attached hydrogen (secondary N) is 8. The van der Waals surface area contributed by atoms with Crippen molar-refractivity contribution in [1.82, 2.24) is 47.4 Å². The smallest absolute Gasteiger partial charge is 0.326 e. The van der Waals surface area contributed by atoms with Gasteiger partial charge in [0, 0.05) is 32.4 Å². The third-order valence-corrected chi connectivity index (χ3v) is 14.7. The molecule has 3 aromatic rings. The van der Waals surface area contributed by atoms with Gasteiger partial charge in [-0.1, -0.05) is 56.7 Å². The fourth-order valence-corrected chi connectivity index (χ4v) is 9.31. The number of carbonyl (C=O) groups excluding carboxylic acids is 9. The zero-order valence-electron chi connectivity index (χ0n) is 49.7. The summed E-state index contributed by atoms with van der Waals surface area (Å²) in [5.41, 5.74) is 17.6. The summed E-state index contributed by atoms with van der Waals surface area (Å²) >= 11 is 0. The Kier molecular flexibility index (Phi) is 28.4.